The van der Waals surface area contributed by atoms with Gasteiger partial charge in [0.1, 0.15) is 5.76 Å². The Kier molecular flexibility index (Phi) is 7.37. The molecule has 1 aromatic rings. The molecule has 0 saturated carbocycles. The van der Waals surface area contributed by atoms with E-state index < -0.39 is 59.6 Å². The summed E-state index contributed by atoms with van der Waals surface area (Å²) in [4.78, 5) is 51.0. The quantitative estimate of drug-likeness (QED) is 0.349. The van der Waals surface area contributed by atoms with Gasteiger partial charge in [-0.2, -0.15) is 0 Å². The number of esters is 2. The number of amides is 1. The fraction of sp³-hybridized carbons (Fsp3) is 0.586. The van der Waals surface area contributed by atoms with Gasteiger partial charge in [-0.25, -0.2) is 4.79 Å². The van der Waals surface area contributed by atoms with Crippen LogP contribution in [0.3, 0.4) is 0 Å². The van der Waals surface area contributed by atoms with Crippen molar-refractivity contribution in [3.05, 3.63) is 35.1 Å². The van der Waals surface area contributed by atoms with E-state index in [9.17, 15) is 29.4 Å². The average Bonchev–Trinajstić information content (AvgIpc) is 3.27. The number of rotatable bonds is 9. The van der Waals surface area contributed by atoms with Gasteiger partial charge in [-0.05, 0) is 64.9 Å². The number of ether oxygens (including phenoxy) is 4. The van der Waals surface area contributed by atoms with Crippen LogP contribution in [0.5, 0.6) is 11.5 Å². The van der Waals surface area contributed by atoms with Crippen molar-refractivity contribution in [1.29, 1.82) is 0 Å². The van der Waals surface area contributed by atoms with Gasteiger partial charge in [-0.1, -0.05) is 6.07 Å². The van der Waals surface area contributed by atoms with Crippen LogP contribution in [0, 0.1) is 0 Å². The maximum atomic E-state index is 12.9. The monoisotopic (exact) mass is 572 g/mol. The number of nitrogens with zero attached hydrogens (tertiary/aromatic N) is 1. The molecule has 1 aromatic carbocycles. The molecule has 2 aliphatic carbocycles. The second-order valence-corrected chi connectivity index (χ2v) is 11.4. The van der Waals surface area contributed by atoms with Gasteiger partial charge in [0.25, 0.3) is 5.91 Å². The number of aliphatic hydroxyl groups excluding tert-OH is 1. The van der Waals surface area contributed by atoms with Crippen molar-refractivity contribution in [2.75, 3.05) is 20.7 Å². The van der Waals surface area contributed by atoms with Crippen molar-refractivity contribution in [2.24, 2.45) is 0 Å². The van der Waals surface area contributed by atoms with Gasteiger partial charge in [0, 0.05) is 18.0 Å². The highest BCUT2D eigenvalue weighted by Crippen LogP contribution is 2.65. The van der Waals surface area contributed by atoms with E-state index in [2.05, 4.69) is 10.2 Å². The summed E-state index contributed by atoms with van der Waals surface area (Å²) >= 11 is 0. The third kappa shape index (κ3) is 4.48. The van der Waals surface area contributed by atoms with Crippen LogP contribution in [0.2, 0.25) is 0 Å². The number of hydrogen-bond donors (Lipinski definition) is 3. The average molecular weight is 573 g/mol. The van der Waals surface area contributed by atoms with Crippen molar-refractivity contribution in [3.8, 4) is 11.5 Å². The zero-order valence-corrected chi connectivity index (χ0v) is 23.8. The van der Waals surface area contributed by atoms with Gasteiger partial charge in [0.05, 0.1) is 30.6 Å². The van der Waals surface area contributed by atoms with Crippen LogP contribution in [0.15, 0.2) is 24.0 Å². The maximum Gasteiger partial charge on any atom is 0.340 e. The molecular formula is C29H36N2O10. The summed E-state index contributed by atoms with van der Waals surface area (Å²) in [5, 5.41) is 25.1. The number of methoxy groups -OCH3 is 1. The molecule has 2 bridgehead atoms. The van der Waals surface area contributed by atoms with Gasteiger partial charge in [0.15, 0.2) is 35.6 Å². The number of hydrogen-bond acceptors (Lipinski definition) is 11. The first-order valence-electron chi connectivity index (χ1n) is 13.7. The largest absolute Gasteiger partial charge is 0.493 e. The van der Waals surface area contributed by atoms with E-state index in [4.69, 9.17) is 18.9 Å². The van der Waals surface area contributed by atoms with Gasteiger partial charge >= 0.3 is 11.9 Å². The van der Waals surface area contributed by atoms with Crippen LogP contribution >= 0.6 is 0 Å². The minimum absolute atomic E-state index is 0.146. The molecule has 41 heavy (non-hydrogen) atoms. The molecule has 222 valence electrons. The Morgan fingerprint density at radius 2 is 1.98 bits per heavy atom. The molecule has 1 amide bonds. The number of carbonyl (C=O) groups excluding carboxylic acids is 4. The van der Waals surface area contributed by atoms with Crippen LogP contribution in [0.1, 0.15) is 51.2 Å². The number of piperidine rings is 1. The van der Waals surface area contributed by atoms with Crippen molar-refractivity contribution in [3.63, 3.8) is 0 Å². The van der Waals surface area contributed by atoms with Crippen molar-refractivity contribution in [1.82, 2.24) is 10.2 Å². The minimum Gasteiger partial charge on any atom is -0.493 e. The lowest BCUT2D eigenvalue weighted by Crippen LogP contribution is -2.74. The molecule has 0 aromatic heterocycles. The summed E-state index contributed by atoms with van der Waals surface area (Å²) in [5.41, 5.74) is -0.179. The van der Waals surface area contributed by atoms with E-state index in [-0.39, 0.29) is 24.0 Å². The van der Waals surface area contributed by atoms with E-state index in [0.29, 0.717) is 30.9 Å². The lowest BCUT2D eigenvalue weighted by Gasteiger charge is -2.61. The Morgan fingerprint density at radius 3 is 2.66 bits per heavy atom. The number of likely N-dealkylation sites (tertiary alicyclic amines) is 1. The zero-order chi connectivity index (χ0) is 29.9. The molecule has 0 unspecified atom stereocenters. The second kappa shape index (κ2) is 10.4. The van der Waals surface area contributed by atoms with Crippen LogP contribution in [-0.4, -0.2) is 95.4 Å². The van der Waals surface area contributed by atoms with E-state index in [0.717, 1.165) is 11.1 Å². The van der Waals surface area contributed by atoms with E-state index in [1.165, 1.54) is 27.9 Å². The van der Waals surface area contributed by atoms with Crippen LogP contribution < -0.4 is 14.8 Å². The van der Waals surface area contributed by atoms with E-state index in [1.54, 1.807) is 6.08 Å². The Balaban J connectivity index is 1.32. The second-order valence-electron chi connectivity index (χ2n) is 11.4. The van der Waals surface area contributed by atoms with Gasteiger partial charge in [-0.3, -0.25) is 14.4 Å². The first-order valence-corrected chi connectivity index (χ1v) is 13.7. The lowest BCUT2D eigenvalue weighted by molar-refractivity contribution is -0.173. The molecule has 0 radical (unpaired) electrons. The van der Waals surface area contributed by atoms with Crippen LogP contribution in [-0.2, 0) is 40.5 Å². The number of Topliss-reactive ketones (excluding diaryl/α,β-unsaturated/α-hetero) is 1. The Labute approximate surface area is 237 Å². The molecule has 2 aliphatic heterocycles. The first-order chi connectivity index (χ1) is 19.3. The third-order valence-corrected chi connectivity index (χ3v) is 9.05. The van der Waals surface area contributed by atoms with Crippen LogP contribution in [0.4, 0.5) is 0 Å². The van der Waals surface area contributed by atoms with Gasteiger partial charge < -0.3 is 39.4 Å². The third-order valence-electron chi connectivity index (χ3n) is 9.05. The topological polar surface area (TPSA) is 161 Å². The summed E-state index contributed by atoms with van der Waals surface area (Å²) in [5.74, 6) is -1.88. The molecule has 12 heteroatoms. The molecule has 4 aliphatic rings. The minimum atomic E-state index is -1.88. The molecule has 2 heterocycles. The Morgan fingerprint density at radius 1 is 1.24 bits per heavy atom. The van der Waals surface area contributed by atoms with Crippen molar-refractivity contribution >= 4 is 23.6 Å². The summed E-state index contributed by atoms with van der Waals surface area (Å²) < 4.78 is 22.6. The number of likely N-dealkylation sites (N-methyl/N-ethyl adjacent to an activating group) is 1. The lowest BCUT2D eigenvalue weighted by atomic mass is 9.50. The molecule has 1 spiro atoms. The molecular weight excluding hydrogens is 536 g/mol. The SMILES string of the molecule is COc1ccc2c3c1O[C@H]1C(OC(=O)[C@@H](O)CC(=O)O[C@@H](C)C(=O)N[C@@H](C)C(C)=O)=CC[C@@]4(O)[C@@H](C2)N(C)CC[C@]314. The summed E-state index contributed by atoms with van der Waals surface area (Å²) in [6.45, 7) is 4.82. The van der Waals surface area contributed by atoms with Crippen molar-refractivity contribution < 1.29 is 48.3 Å². The molecule has 5 rings (SSSR count). The molecule has 3 N–H and O–H groups in total. The fourth-order valence-corrected chi connectivity index (χ4v) is 6.74. The number of ketones is 1. The van der Waals surface area contributed by atoms with E-state index >= 15 is 0 Å². The van der Waals surface area contributed by atoms with E-state index in [1.807, 2.05) is 19.2 Å². The smallest absolute Gasteiger partial charge is 0.340 e. The summed E-state index contributed by atoms with van der Waals surface area (Å²) in [6.07, 6.45) is -1.74. The summed E-state index contributed by atoms with van der Waals surface area (Å²) in [6, 6.07) is 2.88. The van der Waals surface area contributed by atoms with Crippen molar-refractivity contribution in [2.45, 2.75) is 87.9 Å². The molecule has 12 nitrogen and oxygen atoms in total. The highest BCUT2D eigenvalue weighted by atomic mass is 16.6. The highest BCUT2D eigenvalue weighted by molar-refractivity contribution is 5.90. The first kappa shape index (κ1) is 29.0. The maximum absolute atomic E-state index is 12.9. The number of carbonyl (C=O) groups is 4. The number of aliphatic hydroxyl groups is 2. The van der Waals surface area contributed by atoms with Crippen LogP contribution in [0.25, 0.3) is 0 Å². The normalized spacial score (nSPS) is 29.6. The molecule has 1 saturated heterocycles. The Hall–Kier alpha value is -3.48. The zero-order valence-electron chi connectivity index (χ0n) is 23.8. The number of nitrogens with one attached hydrogen (secondary N) is 1. The molecule has 1 fully saturated rings. The summed E-state index contributed by atoms with van der Waals surface area (Å²) in [7, 11) is 3.52. The van der Waals surface area contributed by atoms with Gasteiger partial charge in [0.2, 0.25) is 0 Å². The molecule has 7 atom stereocenters. The number of benzene rings is 1. The Bertz CT molecular complexity index is 1330. The fourth-order valence-electron chi connectivity index (χ4n) is 6.74. The standard InChI is InChI=1S/C29H36N2O10/c1-14(15(2)32)30-26(35)16(3)39-22(34)13-18(33)27(36)40-20-8-9-29(37)21-12-17-6-7-19(38-5)24-23(17)28(29,25(20)41-24)10-11-31(21)4/h6-8,14,16,18,21,25,33,37H,9-13H2,1-5H3,(H,30,35)/t14-,16-,18-,21+,25-,28-,29+/m0/s1. The van der Waals surface area contributed by atoms with Gasteiger partial charge in [-0.15, -0.1) is 0 Å². The highest BCUT2D eigenvalue weighted by Gasteiger charge is 2.72. The predicted octanol–water partition coefficient (Wildman–Crippen LogP) is 0.293. The predicted molar refractivity (Wildman–Crippen MR) is 142 cm³/mol.